The topological polar surface area (TPSA) is 58.4 Å². The van der Waals surface area contributed by atoms with Crippen molar-refractivity contribution in [3.63, 3.8) is 0 Å². The van der Waals surface area contributed by atoms with E-state index >= 15 is 0 Å². The minimum absolute atomic E-state index is 0.114. The molecule has 11 heteroatoms. The summed E-state index contributed by atoms with van der Waals surface area (Å²) < 4.78 is 116. The number of hydrogen-bond acceptors (Lipinski definition) is 5. The zero-order valence-corrected chi connectivity index (χ0v) is 27.5. The molecule has 6 nitrogen and oxygen atoms in total. The Morgan fingerprint density at radius 2 is 1.60 bits per heavy atom. The zero-order chi connectivity index (χ0) is 40.7. The minimum atomic E-state index is -4.52. The number of likely N-dealkylation sites (N-methyl/N-ethyl adjacent to an activating group) is 1. The normalized spacial score (nSPS) is 17.2. The number of hydrogen-bond donors (Lipinski definition) is 0. The van der Waals surface area contributed by atoms with Gasteiger partial charge in [0.2, 0.25) is 5.91 Å². The van der Waals surface area contributed by atoms with Crippen LogP contribution < -0.4 is 5.56 Å². The van der Waals surface area contributed by atoms with Crippen molar-refractivity contribution in [2.24, 2.45) is 0 Å². The predicted molar refractivity (Wildman–Crippen MR) is 181 cm³/mol. The maximum absolute atomic E-state index is 14.8. The lowest BCUT2D eigenvalue weighted by molar-refractivity contribution is -0.137. The van der Waals surface area contributed by atoms with Crippen LogP contribution in [0.1, 0.15) is 70.8 Å². The number of alkyl halides is 3. The predicted octanol–water partition coefficient (Wildman–Crippen LogP) is 7.78. The quantitative estimate of drug-likeness (QED) is 0.0817. The van der Waals surface area contributed by atoms with Gasteiger partial charge in [-0.25, -0.2) is 4.39 Å². The third-order valence-electron chi connectivity index (χ3n) is 8.18. The summed E-state index contributed by atoms with van der Waals surface area (Å²) in [6, 6.07) is 14.0. The lowest BCUT2D eigenvalue weighted by Gasteiger charge is -2.33. The Bertz CT molecular complexity index is 2060. The summed E-state index contributed by atoms with van der Waals surface area (Å²) in [6.45, 7) is -4.82. The number of fused-ring (bicyclic) bond motifs is 1. The molecule has 0 saturated heterocycles. The number of thioether (sulfide) groups is 1. The van der Waals surface area contributed by atoms with Crippen LogP contribution in [0.4, 0.5) is 17.6 Å². The number of carbonyl (C=O) groups excluding carboxylic acids is 1. The molecule has 48 heavy (non-hydrogen) atoms. The summed E-state index contributed by atoms with van der Waals surface area (Å²) in [5, 5.41) is -0.114. The Balaban J connectivity index is 1.57. The lowest BCUT2D eigenvalue weighted by atomic mass is 9.99. The van der Waals surface area contributed by atoms with Gasteiger partial charge in [-0.2, -0.15) is 18.2 Å². The summed E-state index contributed by atoms with van der Waals surface area (Å²) in [5.41, 5.74) is 0.910. The van der Waals surface area contributed by atoms with Gasteiger partial charge in [0.05, 0.1) is 15.7 Å². The fraction of sp³-hybridized carbons (Fsp3) is 0.378. The molecule has 0 bridgehead atoms. The summed E-state index contributed by atoms with van der Waals surface area (Å²) in [6.07, 6.45) is -3.45. The van der Waals surface area contributed by atoms with Crippen molar-refractivity contribution in [1.29, 1.82) is 0 Å². The van der Waals surface area contributed by atoms with Gasteiger partial charge < -0.3 is 14.4 Å². The molecular weight excluding hydrogens is 640 g/mol. The number of nitrogens with zero attached hydrogens (tertiary/aromatic N) is 4. The van der Waals surface area contributed by atoms with Crippen molar-refractivity contribution in [3.05, 3.63) is 117 Å². The van der Waals surface area contributed by atoms with E-state index in [0.29, 0.717) is 29.5 Å². The molecule has 254 valence electrons. The molecule has 0 fully saturated rings. The number of halogens is 4. The smallest absolute Gasteiger partial charge is 0.333 e. The number of rotatable bonds is 13. The number of benzene rings is 3. The Labute approximate surface area is 292 Å². The van der Waals surface area contributed by atoms with Gasteiger partial charge in [0.25, 0.3) is 5.56 Å². The molecule has 0 N–H and O–H groups in total. The van der Waals surface area contributed by atoms with Crippen LogP contribution in [0.5, 0.6) is 0 Å². The SMILES string of the molecule is [2H]C([2H])(C)N(CCN(C(=O)C([2H])([2H])n1c(SCc2ccc(F)cc2)nc(=O)c2c1CCC2)C([2H])(C)c1ccc(-c2ccc(C(F)(F)F)cc2)cc1)C([2H])([2H])C. The van der Waals surface area contributed by atoms with Crippen LogP contribution in [0.3, 0.4) is 0 Å². The molecule has 0 saturated carbocycles. The van der Waals surface area contributed by atoms with Crippen LogP contribution in [0, 0.1) is 5.82 Å². The highest BCUT2D eigenvalue weighted by atomic mass is 32.2. The molecule has 1 amide bonds. The van der Waals surface area contributed by atoms with Crippen molar-refractivity contribution >= 4 is 17.7 Å². The Hall–Kier alpha value is -3.96. The van der Waals surface area contributed by atoms with E-state index in [0.717, 1.165) is 52.1 Å². The van der Waals surface area contributed by atoms with Crippen LogP contribution in [0.25, 0.3) is 11.1 Å². The second-order valence-corrected chi connectivity index (χ2v) is 12.1. The molecular formula is C37H40F4N4O2S. The fourth-order valence-corrected chi connectivity index (χ4v) is 6.41. The van der Waals surface area contributed by atoms with E-state index in [1.54, 1.807) is 12.1 Å². The van der Waals surface area contributed by atoms with E-state index in [-0.39, 0.29) is 34.2 Å². The summed E-state index contributed by atoms with van der Waals surface area (Å²) in [7, 11) is 0. The van der Waals surface area contributed by atoms with Crippen molar-refractivity contribution in [1.82, 2.24) is 19.4 Å². The minimum Gasteiger partial charge on any atom is -0.333 e. The van der Waals surface area contributed by atoms with Gasteiger partial charge in [-0.3, -0.25) is 9.59 Å². The van der Waals surface area contributed by atoms with Gasteiger partial charge in [0, 0.05) is 35.6 Å². The standard InChI is InChI=1S/C37H40F4N4O2S/c1-4-43(5-2)21-22-44(25(3)27-11-13-28(14-12-27)29-15-17-30(18-16-29)37(39,40)41)34(46)23-45-33-8-6-7-32(33)35(47)42-36(45)48-24-26-9-19-31(38)20-10-26/h9-20,25H,4-8,21-24H2,1-3H3/i4D2,5D2,23D2,25D. The van der Waals surface area contributed by atoms with Crippen LogP contribution in [0.2, 0.25) is 0 Å². The first-order valence-corrected chi connectivity index (χ1v) is 16.3. The summed E-state index contributed by atoms with van der Waals surface area (Å²) in [4.78, 5) is 33.8. The number of aromatic nitrogens is 2. The largest absolute Gasteiger partial charge is 0.416 e. The van der Waals surface area contributed by atoms with Gasteiger partial charge in [0.1, 0.15) is 12.3 Å². The molecule has 5 rings (SSSR count). The Morgan fingerprint density at radius 1 is 0.979 bits per heavy atom. The van der Waals surface area contributed by atoms with Crippen LogP contribution in [-0.2, 0) is 36.1 Å². The van der Waals surface area contributed by atoms with Crippen molar-refractivity contribution in [2.75, 3.05) is 26.1 Å². The second-order valence-electron chi connectivity index (χ2n) is 11.1. The molecule has 1 heterocycles. The molecule has 3 aromatic carbocycles. The molecule has 0 spiro atoms. The molecule has 1 aromatic heterocycles. The monoisotopic (exact) mass is 687 g/mol. The van der Waals surface area contributed by atoms with E-state index in [9.17, 15) is 31.3 Å². The van der Waals surface area contributed by atoms with Crippen molar-refractivity contribution in [3.8, 4) is 11.1 Å². The van der Waals surface area contributed by atoms with Gasteiger partial charge >= 0.3 is 6.18 Å². The molecule has 4 aromatic rings. The average Bonchev–Trinajstić information content (AvgIpc) is 3.58. The van der Waals surface area contributed by atoms with E-state index in [4.69, 9.17) is 5.48 Å². The van der Waals surface area contributed by atoms with Crippen LogP contribution in [-0.4, -0.2) is 51.3 Å². The first-order valence-electron chi connectivity index (χ1n) is 18.8. The van der Waals surface area contributed by atoms with Gasteiger partial charge in [-0.1, -0.05) is 74.1 Å². The third kappa shape index (κ3) is 8.36. The summed E-state index contributed by atoms with van der Waals surface area (Å²) in [5.74, 6) is -1.55. The van der Waals surface area contributed by atoms with E-state index < -0.39 is 67.6 Å². The first-order chi connectivity index (χ1) is 25.4. The lowest BCUT2D eigenvalue weighted by Crippen LogP contribution is -2.42. The van der Waals surface area contributed by atoms with E-state index in [2.05, 4.69) is 4.98 Å². The molecule has 1 unspecified atom stereocenters. The van der Waals surface area contributed by atoms with Crippen molar-refractivity contribution < 1.29 is 32.0 Å². The Morgan fingerprint density at radius 3 is 2.21 bits per heavy atom. The second kappa shape index (κ2) is 15.5. The van der Waals surface area contributed by atoms with Gasteiger partial charge in [-0.05, 0) is 85.7 Å². The number of carbonyl (C=O) groups is 1. The average molecular weight is 688 g/mol. The summed E-state index contributed by atoms with van der Waals surface area (Å²) >= 11 is 0.975. The highest BCUT2D eigenvalue weighted by Crippen LogP contribution is 2.32. The zero-order valence-electron chi connectivity index (χ0n) is 33.7. The Kier molecular flexibility index (Phi) is 8.70. The maximum Gasteiger partial charge on any atom is 0.416 e. The van der Waals surface area contributed by atoms with Crippen molar-refractivity contribution in [2.45, 2.75) is 69.6 Å². The van der Waals surface area contributed by atoms with E-state index in [1.807, 2.05) is 0 Å². The highest BCUT2D eigenvalue weighted by molar-refractivity contribution is 7.98. The third-order valence-corrected chi connectivity index (χ3v) is 9.19. The molecule has 1 aliphatic rings. The van der Waals surface area contributed by atoms with Crippen LogP contribution >= 0.6 is 11.8 Å². The fourth-order valence-electron chi connectivity index (χ4n) is 5.49. The first kappa shape index (κ1) is 26.9. The number of amides is 1. The highest BCUT2D eigenvalue weighted by Gasteiger charge is 2.30. The maximum atomic E-state index is 14.8. The van der Waals surface area contributed by atoms with Crippen LogP contribution in [0.15, 0.2) is 82.7 Å². The molecule has 1 atom stereocenters. The van der Waals surface area contributed by atoms with Gasteiger partial charge in [-0.15, -0.1) is 0 Å². The van der Waals surface area contributed by atoms with E-state index in [1.165, 1.54) is 55.5 Å². The molecule has 0 radical (unpaired) electrons. The van der Waals surface area contributed by atoms with Gasteiger partial charge in [0.15, 0.2) is 5.16 Å². The molecule has 0 aliphatic heterocycles. The molecule has 1 aliphatic carbocycles.